The second kappa shape index (κ2) is 2.70. The number of pyridine rings is 1. The molecule has 1 unspecified atom stereocenters. The summed E-state index contributed by atoms with van der Waals surface area (Å²) in [5.74, 6) is 0. The van der Waals surface area contributed by atoms with Crippen LogP contribution in [0.15, 0.2) is 18.3 Å². The molecule has 0 spiro atoms. The van der Waals surface area contributed by atoms with Gasteiger partial charge in [0.25, 0.3) is 0 Å². The first-order chi connectivity index (χ1) is 6.86. The Labute approximate surface area is 81.5 Å². The minimum Gasteiger partial charge on any atom is -0.447 e. The smallest absolute Gasteiger partial charge is 0.414 e. The van der Waals surface area contributed by atoms with Crippen molar-refractivity contribution in [3.63, 3.8) is 0 Å². The van der Waals surface area contributed by atoms with E-state index in [0.717, 1.165) is 24.2 Å². The molecule has 4 nitrogen and oxygen atoms in total. The molecule has 0 saturated carbocycles. The van der Waals surface area contributed by atoms with Crippen molar-refractivity contribution in [3.8, 4) is 0 Å². The van der Waals surface area contributed by atoms with E-state index in [2.05, 4.69) is 4.98 Å². The Bertz CT molecular complexity index is 391. The largest absolute Gasteiger partial charge is 0.447 e. The number of hydrogen-bond acceptors (Lipinski definition) is 3. The van der Waals surface area contributed by atoms with E-state index in [1.807, 2.05) is 12.1 Å². The molecular formula is C10H10N2O2. The lowest BCUT2D eigenvalue weighted by atomic mass is 10.0. The quantitative estimate of drug-likeness (QED) is 0.620. The van der Waals surface area contributed by atoms with Gasteiger partial charge in [0.2, 0.25) is 0 Å². The second-order valence-electron chi connectivity index (χ2n) is 3.61. The Morgan fingerprint density at radius 1 is 1.57 bits per heavy atom. The van der Waals surface area contributed by atoms with E-state index in [1.54, 1.807) is 11.1 Å². The number of fused-ring (bicyclic) bond motifs is 3. The molecule has 4 heteroatoms. The number of carbonyl (C=O) groups excluding carboxylic acids is 1. The highest BCUT2D eigenvalue weighted by molar-refractivity contribution is 5.91. The van der Waals surface area contributed by atoms with Crippen LogP contribution < -0.4 is 4.90 Å². The molecule has 3 rings (SSSR count). The van der Waals surface area contributed by atoms with Crippen LogP contribution in [-0.2, 0) is 11.2 Å². The van der Waals surface area contributed by atoms with Gasteiger partial charge in [-0.15, -0.1) is 0 Å². The van der Waals surface area contributed by atoms with E-state index in [4.69, 9.17) is 4.74 Å². The normalized spacial score (nSPS) is 24.1. The van der Waals surface area contributed by atoms with E-state index in [9.17, 15) is 4.79 Å². The van der Waals surface area contributed by atoms with E-state index in [1.165, 1.54) is 0 Å². The zero-order valence-corrected chi connectivity index (χ0v) is 7.64. The van der Waals surface area contributed by atoms with Gasteiger partial charge in [0.05, 0.1) is 17.4 Å². The first-order valence-electron chi connectivity index (χ1n) is 4.76. The average Bonchev–Trinajstić information content (AvgIpc) is 2.61. The third-order valence-corrected chi connectivity index (χ3v) is 2.80. The number of carbonyl (C=O) groups is 1. The fourth-order valence-corrected chi connectivity index (χ4v) is 2.11. The van der Waals surface area contributed by atoms with Crippen LogP contribution in [0.2, 0.25) is 0 Å². The molecule has 14 heavy (non-hydrogen) atoms. The van der Waals surface area contributed by atoms with Gasteiger partial charge in [-0.3, -0.25) is 9.88 Å². The van der Waals surface area contributed by atoms with Crippen LogP contribution in [0.3, 0.4) is 0 Å². The molecule has 0 aromatic carbocycles. The molecular weight excluding hydrogens is 180 g/mol. The van der Waals surface area contributed by atoms with Gasteiger partial charge < -0.3 is 4.74 Å². The van der Waals surface area contributed by atoms with Gasteiger partial charge in [-0.1, -0.05) is 0 Å². The molecule has 1 aromatic rings. The molecule has 2 aliphatic rings. The van der Waals surface area contributed by atoms with Crippen molar-refractivity contribution < 1.29 is 9.53 Å². The van der Waals surface area contributed by atoms with Gasteiger partial charge in [0, 0.05) is 6.20 Å². The molecule has 3 heterocycles. The highest BCUT2D eigenvalue weighted by atomic mass is 16.6. The average molecular weight is 190 g/mol. The predicted octanol–water partition coefficient (Wildman–Crippen LogP) is 1.35. The second-order valence-corrected chi connectivity index (χ2v) is 3.61. The molecule has 1 amide bonds. The van der Waals surface area contributed by atoms with Gasteiger partial charge in [0.15, 0.2) is 0 Å². The number of aromatic nitrogens is 1. The Morgan fingerprint density at radius 3 is 3.43 bits per heavy atom. The van der Waals surface area contributed by atoms with Crippen molar-refractivity contribution in [1.29, 1.82) is 0 Å². The number of hydrogen-bond donors (Lipinski definition) is 0. The summed E-state index contributed by atoms with van der Waals surface area (Å²) in [6.45, 7) is 0.521. The maximum atomic E-state index is 11.4. The molecule has 0 radical (unpaired) electrons. The molecule has 0 aliphatic carbocycles. The Balaban J connectivity index is 2.11. The molecule has 1 atom stereocenters. The maximum Gasteiger partial charge on any atom is 0.414 e. The summed E-state index contributed by atoms with van der Waals surface area (Å²) in [4.78, 5) is 17.4. The zero-order chi connectivity index (χ0) is 9.54. The van der Waals surface area contributed by atoms with Crippen molar-refractivity contribution in [1.82, 2.24) is 4.98 Å². The Hall–Kier alpha value is -1.58. The van der Waals surface area contributed by atoms with E-state index < -0.39 is 0 Å². The number of rotatable bonds is 0. The molecule has 2 aliphatic heterocycles. The van der Waals surface area contributed by atoms with Crippen molar-refractivity contribution in [2.24, 2.45) is 0 Å². The third-order valence-electron chi connectivity index (χ3n) is 2.80. The van der Waals surface area contributed by atoms with Crippen molar-refractivity contribution in [3.05, 3.63) is 24.0 Å². The SMILES string of the molecule is O=C1OCC2CCc3ncccc3N12. The zero-order valence-electron chi connectivity index (χ0n) is 7.64. The monoisotopic (exact) mass is 190 g/mol. The van der Waals surface area contributed by atoms with Crippen LogP contribution in [0.4, 0.5) is 10.5 Å². The van der Waals surface area contributed by atoms with Crippen molar-refractivity contribution in [2.75, 3.05) is 11.5 Å². The number of amides is 1. The highest BCUT2D eigenvalue weighted by Gasteiger charge is 2.38. The fourth-order valence-electron chi connectivity index (χ4n) is 2.11. The molecule has 1 fully saturated rings. The van der Waals surface area contributed by atoms with Crippen molar-refractivity contribution in [2.45, 2.75) is 18.9 Å². The Kier molecular flexibility index (Phi) is 1.50. The number of ether oxygens (including phenoxy) is 1. The maximum absolute atomic E-state index is 11.4. The number of aryl methyl sites for hydroxylation is 1. The third kappa shape index (κ3) is 0.937. The lowest BCUT2D eigenvalue weighted by Gasteiger charge is -2.27. The van der Waals surface area contributed by atoms with Crippen LogP contribution in [0.25, 0.3) is 0 Å². The molecule has 1 aromatic heterocycles. The molecule has 1 saturated heterocycles. The number of cyclic esters (lactones) is 1. The minimum absolute atomic E-state index is 0.221. The topological polar surface area (TPSA) is 42.4 Å². The predicted molar refractivity (Wildman–Crippen MR) is 50.2 cm³/mol. The first-order valence-corrected chi connectivity index (χ1v) is 4.76. The summed E-state index contributed by atoms with van der Waals surface area (Å²) in [5, 5.41) is 0. The fraction of sp³-hybridized carbons (Fsp3) is 0.400. The highest BCUT2D eigenvalue weighted by Crippen LogP contribution is 2.32. The van der Waals surface area contributed by atoms with Crippen LogP contribution >= 0.6 is 0 Å². The van der Waals surface area contributed by atoms with Crippen molar-refractivity contribution >= 4 is 11.8 Å². The summed E-state index contributed by atoms with van der Waals surface area (Å²) in [5.41, 5.74) is 1.92. The summed E-state index contributed by atoms with van der Waals surface area (Å²) in [7, 11) is 0. The van der Waals surface area contributed by atoms with Gasteiger partial charge >= 0.3 is 6.09 Å². The lowest BCUT2D eigenvalue weighted by molar-refractivity contribution is 0.178. The lowest BCUT2D eigenvalue weighted by Crippen LogP contribution is -2.37. The standard InChI is InChI=1S/C10H10N2O2/c13-10-12-7(6-14-10)3-4-8-9(12)2-1-5-11-8/h1-2,5,7H,3-4,6H2. The molecule has 72 valence electrons. The van der Waals surface area contributed by atoms with Crippen LogP contribution in [0.1, 0.15) is 12.1 Å². The number of anilines is 1. The van der Waals surface area contributed by atoms with Gasteiger partial charge in [-0.05, 0) is 25.0 Å². The van der Waals surface area contributed by atoms with E-state index in [-0.39, 0.29) is 12.1 Å². The summed E-state index contributed by atoms with van der Waals surface area (Å²) >= 11 is 0. The summed E-state index contributed by atoms with van der Waals surface area (Å²) < 4.78 is 5.02. The summed E-state index contributed by atoms with van der Waals surface area (Å²) in [6, 6.07) is 4.01. The number of nitrogens with zero attached hydrogens (tertiary/aromatic N) is 2. The van der Waals surface area contributed by atoms with Crippen LogP contribution in [-0.4, -0.2) is 23.7 Å². The van der Waals surface area contributed by atoms with E-state index >= 15 is 0 Å². The van der Waals surface area contributed by atoms with Crippen LogP contribution in [0.5, 0.6) is 0 Å². The summed E-state index contributed by atoms with van der Waals surface area (Å²) in [6.07, 6.45) is 3.42. The minimum atomic E-state index is -0.232. The van der Waals surface area contributed by atoms with Gasteiger partial charge in [-0.25, -0.2) is 4.79 Å². The molecule has 0 N–H and O–H groups in total. The molecule has 0 bridgehead atoms. The Morgan fingerprint density at radius 2 is 2.50 bits per heavy atom. The van der Waals surface area contributed by atoms with E-state index in [0.29, 0.717) is 6.61 Å². The first kappa shape index (κ1) is 7.79. The van der Waals surface area contributed by atoms with Crippen LogP contribution in [0, 0.1) is 0 Å². The van der Waals surface area contributed by atoms with Gasteiger partial charge in [-0.2, -0.15) is 0 Å². The van der Waals surface area contributed by atoms with Gasteiger partial charge in [0.1, 0.15) is 6.61 Å².